The highest BCUT2D eigenvalue weighted by Crippen LogP contribution is 2.50. The van der Waals surface area contributed by atoms with E-state index in [1.165, 1.54) is 37.7 Å². The van der Waals surface area contributed by atoms with Crippen molar-refractivity contribution in [2.24, 2.45) is 17.3 Å². The molecule has 0 spiro atoms. The highest BCUT2D eigenvalue weighted by molar-refractivity contribution is 6.30. The number of rotatable bonds is 9. The van der Waals surface area contributed by atoms with E-state index in [2.05, 4.69) is 48.8 Å². The van der Waals surface area contributed by atoms with Gasteiger partial charge in [-0.3, -0.25) is 0 Å². The largest absolute Gasteiger partial charge is 0.380 e. The standard InChI is InChI=1S/C30H46ClN3O/c1-4-33-17-12-29(11-16-32,13-18-33)27-6-5-25(21-27)22-35-23-30(26-7-9-28(31)10-8-26)14-19-34(20-15-30)24(2)3/h7-10,24-25,27H,4-6,11-15,17-23H2,1-3H3. The molecule has 1 saturated carbocycles. The first-order valence-corrected chi connectivity index (χ1v) is 14.4. The first-order chi connectivity index (χ1) is 16.9. The average Bonchev–Trinajstić information content (AvgIpc) is 3.35. The molecular formula is C30H46ClN3O. The minimum Gasteiger partial charge on any atom is -0.380 e. The summed E-state index contributed by atoms with van der Waals surface area (Å²) in [5.41, 5.74) is 1.71. The fraction of sp³-hybridized carbons (Fsp3) is 0.767. The lowest BCUT2D eigenvalue weighted by molar-refractivity contribution is 0.0184. The van der Waals surface area contributed by atoms with Gasteiger partial charge in [0.1, 0.15) is 0 Å². The number of hydrogen-bond donors (Lipinski definition) is 0. The quantitative estimate of drug-likeness (QED) is 0.387. The van der Waals surface area contributed by atoms with Crippen LogP contribution in [0.25, 0.3) is 0 Å². The van der Waals surface area contributed by atoms with Gasteiger partial charge in [0.05, 0.1) is 12.7 Å². The van der Waals surface area contributed by atoms with Crippen molar-refractivity contribution < 1.29 is 4.74 Å². The van der Waals surface area contributed by atoms with Crippen molar-refractivity contribution in [1.29, 1.82) is 5.26 Å². The zero-order valence-electron chi connectivity index (χ0n) is 22.3. The van der Waals surface area contributed by atoms with Crippen molar-refractivity contribution in [3.05, 3.63) is 34.9 Å². The van der Waals surface area contributed by atoms with Crippen molar-refractivity contribution in [3.63, 3.8) is 0 Å². The number of piperidine rings is 2. The predicted octanol–water partition coefficient (Wildman–Crippen LogP) is 6.53. The van der Waals surface area contributed by atoms with E-state index < -0.39 is 0 Å². The summed E-state index contributed by atoms with van der Waals surface area (Å²) in [7, 11) is 0. The second-order valence-corrected chi connectivity index (χ2v) is 12.4. The minimum atomic E-state index is 0.0863. The SMILES string of the molecule is CCN1CCC(CC#N)(C2CCC(COCC3(c4ccc(Cl)cc4)CCN(C(C)C)CC3)C2)CC1. The maximum absolute atomic E-state index is 9.63. The minimum absolute atomic E-state index is 0.0863. The molecule has 1 aromatic carbocycles. The van der Waals surface area contributed by atoms with E-state index in [4.69, 9.17) is 16.3 Å². The Bertz CT molecular complexity index is 832. The molecule has 2 atom stereocenters. The number of hydrogen-bond acceptors (Lipinski definition) is 4. The molecule has 35 heavy (non-hydrogen) atoms. The molecule has 4 rings (SSSR count). The molecule has 4 nitrogen and oxygen atoms in total. The van der Waals surface area contributed by atoms with Crippen LogP contribution in [0.4, 0.5) is 0 Å². The Labute approximate surface area is 219 Å². The molecule has 1 aliphatic carbocycles. The Morgan fingerprint density at radius 2 is 1.74 bits per heavy atom. The summed E-state index contributed by atoms with van der Waals surface area (Å²) in [6, 6.07) is 11.7. The monoisotopic (exact) mass is 499 g/mol. The van der Waals surface area contributed by atoms with Crippen LogP contribution in [0.5, 0.6) is 0 Å². The molecule has 2 heterocycles. The number of halogens is 1. The first kappa shape index (κ1) is 26.9. The number of likely N-dealkylation sites (tertiary alicyclic amines) is 2. The third kappa shape index (κ3) is 6.24. The molecule has 3 fully saturated rings. The molecular weight excluding hydrogens is 454 g/mol. The third-order valence-electron chi connectivity index (χ3n) is 9.81. The molecule has 0 bridgehead atoms. The normalized spacial score (nSPS) is 27.2. The fourth-order valence-corrected chi connectivity index (χ4v) is 7.32. The van der Waals surface area contributed by atoms with E-state index in [1.807, 2.05) is 12.1 Å². The van der Waals surface area contributed by atoms with Crippen molar-refractivity contribution in [2.45, 2.75) is 83.6 Å². The number of ether oxygens (including phenoxy) is 1. The summed E-state index contributed by atoms with van der Waals surface area (Å²) < 4.78 is 6.58. The van der Waals surface area contributed by atoms with Crippen LogP contribution in [-0.4, -0.2) is 61.8 Å². The van der Waals surface area contributed by atoms with E-state index in [-0.39, 0.29) is 10.8 Å². The third-order valence-corrected chi connectivity index (χ3v) is 10.1. The lowest BCUT2D eigenvalue weighted by atomic mass is 9.66. The Morgan fingerprint density at radius 3 is 2.34 bits per heavy atom. The average molecular weight is 500 g/mol. The lowest BCUT2D eigenvalue weighted by Gasteiger charge is -2.44. The van der Waals surface area contributed by atoms with E-state index in [1.54, 1.807) is 0 Å². The van der Waals surface area contributed by atoms with Crippen LogP contribution in [0, 0.1) is 28.6 Å². The summed E-state index contributed by atoms with van der Waals surface area (Å²) >= 11 is 6.22. The smallest absolute Gasteiger partial charge is 0.0627 e. The molecule has 2 aliphatic heterocycles. The molecule has 2 unspecified atom stereocenters. The van der Waals surface area contributed by atoms with Gasteiger partial charge in [-0.25, -0.2) is 0 Å². The topological polar surface area (TPSA) is 39.5 Å². The molecule has 0 aromatic heterocycles. The zero-order valence-corrected chi connectivity index (χ0v) is 23.0. The maximum Gasteiger partial charge on any atom is 0.0627 e. The van der Waals surface area contributed by atoms with Crippen LogP contribution in [0.1, 0.15) is 77.7 Å². The van der Waals surface area contributed by atoms with E-state index in [0.29, 0.717) is 17.9 Å². The Hall–Kier alpha value is -1.12. The molecule has 0 amide bonds. The molecule has 194 valence electrons. The van der Waals surface area contributed by atoms with Crippen molar-refractivity contribution >= 4 is 11.6 Å². The highest BCUT2D eigenvalue weighted by atomic mass is 35.5. The van der Waals surface area contributed by atoms with Crippen LogP contribution in [0.2, 0.25) is 5.02 Å². The van der Waals surface area contributed by atoms with Gasteiger partial charge < -0.3 is 14.5 Å². The van der Waals surface area contributed by atoms with Gasteiger partial charge in [0.2, 0.25) is 0 Å². The zero-order chi connectivity index (χ0) is 24.9. The van der Waals surface area contributed by atoms with Gasteiger partial charge in [-0.2, -0.15) is 5.26 Å². The first-order valence-electron chi connectivity index (χ1n) is 14.1. The van der Waals surface area contributed by atoms with Crippen molar-refractivity contribution in [3.8, 4) is 6.07 Å². The lowest BCUT2D eigenvalue weighted by Crippen LogP contribution is -2.47. The number of benzene rings is 1. The molecule has 1 aromatic rings. The van der Waals surface area contributed by atoms with Crippen LogP contribution < -0.4 is 0 Å². The van der Waals surface area contributed by atoms with Crippen molar-refractivity contribution in [1.82, 2.24) is 9.80 Å². The van der Waals surface area contributed by atoms with Gasteiger partial charge in [-0.15, -0.1) is 0 Å². The van der Waals surface area contributed by atoms with Gasteiger partial charge in [0.15, 0.2) is 0 Å². The van der Waals surface area contributed by atoms with Crippen molar-refractivity contribution in [2.75, 3.05) is 45.9 Å². The van der Waals surface area contributed by atoms with Crippen LogP contribution in [0.15, 0.2) is 24.3 Å². The highest BCUT2D eigenvalue weighted by Gasteiger charge is 2.44. The summed E-state index contributed by atoms with van der Waals surface area (Å²) in [4.78, 5) is 5.14. The second kappa shape index (κ2) is 12.0. The van der Waals surface area contributed by atoms with Gasteiger partial charge >= 0.3 is 0 Å². The van der Waals surface area contributed by atoms with Crippen LogP contribution in [-0.2, 0) is 10.2 Å². The molecule has 0 radical (unpaired) electrons. The van der Waals surface area contributed by atoms with Crippen LogP contribution >= 0.6 is 11.6 Å². The Morgan fingerprint density at radius 1 is 1.06 bits per heavy atom. The van der Waals surface area contributed by atoms with Gasteiger partial charge in [-0.05, 0) is 126 Å². The van der Waals surface area contributed by atoms with E-state index >= 15 is 0 Å². The number of nitriles is 1. The summed E-state index contributed by atoms with van der Waals surface area (Å²) in [6.45, 7) is 14.2. The molecule has 5 heteroatoms. The predicted molar refractivity (Wildman–Crippen MR) is 145 cm³/mol. The van der Waals surface area contributed by atoms with Gasteiger partial charge in [0.25, 0.3) is 0 Å². The molecule has 3 aliphatic rings. The van der Waals surface area contributed by atoms with E-state index in [9.17, 15) is 5.26 Å². The maximum atomic E-state index is 9.63. The van der Waals surface area contributed by atoms with Crippen LogP contribution in [0.3, 0.4) is 0 Å². The van der Waals surface area contributed by atoms with Gasteiger partial charge in [0, 0.05) is 29.5 Å². The fourth-order valence-electron chi connectivity index (χ4n) is 7.19. The molecule has 2 saturated heterocycles. The summed E-state index contributed by atoms with van der Waals surface area (Å²) in [5.74, 6) is 1.33. The summed E-state index contributed by atoms with van der Waals surface area (Å²) in [6.07, 6.45) is 9.16. The Kier molecular flexibility index (Phi) is 9.19. The van der Waals surface area contributed by atoms with E-state index in [0.717, 1.165) is 70.2 Å². The Balaban J connectivity index is 1.35. The number of nitrogens with zero attached hydrogens (tertiary/aromatic N) is 3. The molecule has 0 N–H and O–H groups in total. The summed E-state index contributed by atoms with van der Waals surface area (Å²) in [5, 5.41) is 10.4. The second-order valence-electron chi connectivity index (χ2n) is 11.9. The van der Waals surface area contributed by atoms with Gasteiger partial charge in [-0.1, -0.05) is 30.7 Å².